The third kappa shape index (κ3) is 3.19. The van der Waals surface area contributed by atoms with Crippen molar-refractivity contribution in [3.8, 4) is 0 Å². The predicted molar refractivity (Wildman–Crippen MR) is 79.9 cm³/mol. The summed E-state index contributed by atoms with van der Waals surface area (Å²) in [5.41, 5.74) is -0.523. The number of hydrogen-bond donors (Lipinski definition) is 1. The molecule has 3 rings (SSSR count). The molecule has 7 heteroatoms. The second kappa shape index (κ2) is 6.62. The first-order chi connectivity index (χ1) is 11.1. The van der Waals surface area contributed by atoms with Crippen LogP contribution in [-0.4, -0.2) is 60.4 Å². The van der Waals surface area contributed by atoms with E-state index in [4.69, 9.17) is 0 Å². The quantitative estimate of drug-likeness (QED) is 0.883. The summed E-state index contributed by atoms with van der Waals surface area (Å²) >= 11 is 0. The van der Waals surface area contributed by atoms with E-state index in [-0.39, 0.29) is 25.0 Å². The summed E-state index contributed by atoms with van der Waals surface area (Å²) in [6.07, 6.45) is 1.82. The van der Waals surface area contributed by atoms with Crippen LogP contribution in [0.15, 0.2) is 18.2 Å². The van der Waals surface area contributed by atoms with Crippen LogP contribution in [0.1, 0.15) is 23.2 Å². The predicted octanol–water partition coefficient (Wildman–Crippen LogP) is 1.00. The van der Waals surface area contributed by atoms with Crippen molar-refractivity contribution < 1.29 is 18.4 Å². The van der Waals surface area contributed by atoms with E-state index in [0.29, 0.717) is 13.1 Å². The van der Waals surface area contributed by atoms with Gasteiger partial charge in [0, 0.05) is 26.2 Å². The van der Waals surface area contributed by atoms with Crippen molar-refractivity contribution in [2.75, 3.05) is 32.7 Å². The molecule has 2 aliphatic rings. The van der Waals surface area contributed by atoms with E-state index < -0.39 is 23.1 Å². The summed E-state index contributed by atoms with van der Waals surface area (Å²) in [6.45, 7) is 2.19. The van der Waals surface area contributed by atoms with E-state index in [0.717, 1.165) is 31.5 Å². The van der Waals surface area contributed by atoms with Gasteiger partial charge in [-0.05, 0) is 31.5 Å². The lowest BCUT2D eigenvalue weighted by atomic mass is 10.1. The molecule has 0 aliphatic carbocycles. The average Bonchev–Trinajstić information content (AvgIpc) is 3.08. The molecule has 2 saturated heterocycles. The van der Waals surface area contributed by atoms with Crippen molar-refractivity contribution in [3.63, 3.8) is 0 Å². The van der Waals surface area contributed by atoms with Crippen LogP contribution in [0.4, 0.5) is 8.78 Å². The first-order valence-corrected chi connectivity index (χ1v) is 7.83. The number of rotatable bonds is 2. The number of carbonyl (C=O) groups is 2. The molecule has 5 nitrogen and oxygen atoms in total. The Bertz CT molecular complexity index is 589. The highest BCUT2D eigenvalue weighted by molar-refractivity contribution is 5.95. The lowest BCUT2D eigenvalue weighted by Gasteiger charge is -2.36. The van der Waals surface area contributed by atoms with Gasteiger partial charge in [0.15, 0.2) is 0 Å². The van der Waals surface area contributed by atoms with E-state index in [1.165, 1.54) is 11.0 Å². The summed E-state index contributed by atoms with van der Waals surface area (Å²) in [5.74, 6) is -2.33. The Hall–Kier alpha value is -2.02. The highest BCUT2D eigenvalue weighted by Gasteiger charge is 2.31. The number of piperazine rings is 1. The van der Waals surface area contributed by atoms with Gasteiger partial charge in [-0.3, -0.25) is 9.59 Å². The maximum absolute atomic E-state index is 13.7. The van der Waals surface area contributed by atoms with Crippen LogP contribution in [0.3, 0.4) is 0 Å². The summed E-state index contributed by atoms with van der Waals surface area (Å²) in [4.78, 5) is 27.7. The van der Waals surface area contributed by atoms with Gasteiger partial charge < -0.3 is 15.1 Å². The second-order valence-electron chi connectivity index (χ2n) is 5.86. The van der Waals surface area contributed by atoms with Gasteiger partial charge in [-0.15, -0.1) is 0 Å². The summed E-state index contributed by atoms with van der Waals surface area (Å²) in [6, 6.07) is 3.23. The van der Waals surface area contributed by atoms with E-state index in [9.17, 15) is 18.4 Å². The molecular formula is C16H19F2N3O2. The van der Waals surface area contributed by atoms with E-state index in [1.807, 2.05) is 0 Å². The minimum absolute atomic E-state index is 0.0478. The second-order valence-corrected chi connectivity index (χ2v) is 5.86. The molecule has 1 atom stereocenters. The number of benzene rings is 1. The highest BCUT2D eigenvalue weighted by Crippen LogP contribution is 2.17. The van der Waals surface area contributed by atoms with Crippen molar-refractivity contribution in [2.45, 2.75) is 18.9 Å². The third-order valence-corrected chi connectivity index (χ3v) is 4.41. The number of carbonyl (C=O) groups excluding carboxylic acids is 2. The minimum atomic E-state index is -0.858. The molecule has 2 heterocycles. The van der Waals surface area contributed by atoms with Gasteiger partial charge in [0.05, 0.1) is 6.04 Å². The zero-order valence-electron chi connectivity index (χ0n) is 12.7. The Morgan fingerprint density at radius 3 is 2.22 bits per heavy atom. The zero-order chi connectivity index (χ0) is 16.4. The zero-order valence-corrected chi connectivity index (χ0v) is 12.7. The number of amides is 2. The summed E-state index contributed by atoms with van der Waals surface area (Å²) in [5, 5.41) is 3.16. The highest BCUT2D eigenvalue weighted by atomic mass is 19.1. The van der Waals surface area contributed by atoms with Crippen molar-refractivity contribution in [3.05, 3.63) is 35.4 Å². The van der Waals surface area contributed by atoms with Gasteiger partial charge in [0.1, 0.15) is 17.2 Å². The molecule has 0 spiro atoms. The van der Waals surface area contributed by atoms with Crippen molar-refractivity contribution in [2.24, 2.45) is 0 Å². The van der Waals surface area contributed by atoms with Crippen LogP contribution in [0.2, 0.25) is 0 Å². The number of nitrogens with one attached hydrogen (secondary N) is 1. The SMILES string of the molecule is O=C(c1c(F)cccc1F)N1CCN(C(=O)C2CCCN2)CC1. The molecular weight excluding hydrogens is 304 g/mol. The molecule has 2 aliphatic heterocycles. The normalized spacial score (nSPS) is 21.6. The number of hydrogen-bond acceptors (Lipinski definition) is 3. The summed E-state index contributed by atoms with van der Waals surface area (Å²) < 4.78 is 27.4. The molecule has 23 heavy (non-hydrogen) atoms. The molecule has 0 saturated carbocycles. The maximum Gasteiger partial charge on any atom is 0.259 e. The smallest absolute Gasteiger partial charge is 0.259 e. The first kappa shape index (κ1) is 15.9. The molecule has 1 N–H and O–H groups in total. The van der Waals surface area contributed by atoms with Crippen LogP contribution < -0.4 is 5.32 Å². The number of nitrogens with zero attached hydrogens (tertiary/aromatic N) is 2. The largest absolute Gasteiger partial charge is 0.338 e. The monoisotopic (exact) mass is 323 g/mol. The molecule has 1 unspecified atom stereocenters. The van der Waals surface area contributed by atoms with E-state index >= 15 is 0 Å². The van der Waals surface area contributed by atoms with Crippen LogP contribution in [0.25, 0.3) is 0 Å². The van der Waals surface area contributed by atoms with Gasteiger partial charge in [-0.25, -0.2) is 8.78 Å². The fraction of sp³-hybridized carbons (Fsp3) is 0.500. The lowest BCUT2D eigenvalue weighted by molar-refractivity contribution is -0.134. The molecule has 0 bridgehead atoms. The van der Waals surface area contributed by atoms with Crippen LogP contribution in [-0.2, 0) is 4.79 Å². The third-order valence-electron chi connectivity index (χ3n) is 4.41. The van der Waals surface area contributed by atoms with Crippen LogP contribution in [0, 0.1) is 11.6 Å². The van der Waals surface area contributed by atoms with Crippen molar-refractivity contribution >= 4 is 11.8 Å². The van der Waals surface area contributed by atoms with Crippen LogP contribution in [0.5, 0.6) is 0 Å². The number of halogens is 2. The van der Waals surface area contributed by atoms with Gasteiger partial charge in [0.25, 0.3) is 5.91 Å². The molecule has 0 radical (unpaired) electrons. The van der Waals surface area contributed by atoms with Gasteiger partial charge in [-0.1, -0.05) is 6.07 Å². The molecule has 2 fully saturated rings. The fourth-order valence-corrected chi connectivity index (χ4v) is 3.11. The van der Waals surface area contributed by atoms with Gasteiger partial charge in [-0.2, -0.15) is 0 Å². The van der Waals surface area contributed by atoms with Gasteiger partial charge in [0.2, 0.25) is 5.91 Å². The Balaban J connectivity index is 1.62. The van der Waals surface area contributed by atoms with Crippen molar-refractivity contribution in [1.82, 2.24) is 15.1 Å². The average molecular weight is 323 g/mol. The van der Waals surface area contributed by atoms with Crippen molar-refractivity contribution in [1.29, 1.82) is 0 Å². The standard InChI is InChI=1S/C16H19F2N3O2/c17-11-3-1-4-12(18)14(11)16(23)21-9-7-20(8-10-21)15(22)13-5-2-6-19-13/h1,3-4,13,19H,2,5-10H2. The molecule has 124 valence electrons. The maximum atomic E-state index is 13.7. The molecule has 0 aromatic heterocycles. The van der Waals surface area contributed by atoms with Gasteiger partial charge >= 0.3 is 0 Å². The Morgan fingerprint density at radius 2 is 1.65 bits per heavy atom. The van der Waals surface area contributed by atoms with Crippen LogP contribution >= 0.6 is 0 Å². The Morgan fingerprint density at radius 1 is 1.04 bits per heavy atom. The molecule has 1 aromatic rings. The molecule has 1 aromatic carbocycles. The Labute approximate surface area is 133 Å². The molecule has 2 amide bonds. The lowest BCUT2D eigenvalue weighted by Crippen LogP contribution is -2.54. The topological polar surface area (TPSA) is 52.7 Å². The Kier molecular flexibility index (Phi) is 4.56. The first-order valence-electron chi connectivity index (χ1n) is 7.83. The minimum Gasteiger partial charge on any atom is -0.338 e. The summed E-state index contributed by atoms with van der Waals surface area (Å²) in [7, 11) is 0. The fourth-order valence-electron chi connectivity index (χ4n) is 3.11. The van der Waals surface area contributed by atoms with E-state index in [1.54, 1.807) is 4.90 Å². The van der Waals surface area contributed by atoms with E-state index in [2.05, 4.69) is 5.32 Å².